The molecule has 0 saturated carbocycles. The Morgan fingerprint density at radius 2 is 2.03 bits per heavy atom. The SMILES string of the molecule is CCCOc1ccc(C(=O)CCC(O)c2cc(I)cc(-c3csc4c(F)cccc34)n2)cc1OC. The predicted molar refractivity (Wildman–Crippen MR) is 145 cm³/mol. The number of aromatic nitrogens is 1. The lowest BCUT2D eigenvalue weighted by Gasteiger charge is -2.13. The molecule has 0 aliphatic rings. The Labute approximate surface area is 221 Å². The van der Waals surface area contributed by atoms with Gasteiger partial charge in [0.15, 0.2) is 17.3 Å². The zero-order valence-corrected chi connectivity index (χ0v) is 22.4. The fourth-order valence-corrected chi connectivity index (χ4v) is 5.36. The number of pyridine rings is 1. The Morgan fingerprint density at radius 1 is 1.20 bits per heavy atom. The highest BCUT2D eigenvalue weighted by molar-refractivity contribution is 14.1. The molecule has 2 aromatic carbocycles. The molecule has 4 rings (SSSR count). The number of rotatable bonds is 10. The molecule has 2 heterocycles. The molecule has 1 unspecified atom stereocenters. The molecule has 0 radical (unpaired) electrons. The molecule has 1 N–H and O–H groups in total. The Morgan fingerprint density at radius 3 is 2.80 bits per heavy atom. The van der Waals surface area contributed by atoms with Crippen LogP contribution in [-0.4, -0.2) is 29.6 Å². The maximum atomic E-state index is 14.1. The van der Waals surface area contributed by atoms with Crippen LogP contribution < -0.4 is 9.47 Å². The highest BCUT2D eigenvalue weighted by atomic mass is 127. The number of nitrogens with zero attached hydrogens (tertiary/aromatic N) is 1. The fraction of sp³-hybridized carbons (Fsp3) is 0.259. The molecule has 4 aromatic rings. The number of fused-ring (bicyclic) bond motifs is 1. The van der Waals surface area contributed by atoms with Crippen molar-refractivity contribution in [1.29, 1.82) is 0 Å². The van der Waals surface area contributed by atoms with E-state index in [0.717, 1.165) is 20.9 Å². The van der Waals surface area contributed by atoms with Crippen molar-refractivity contribution in [1.82, 2.24) is 4.98 Å². The number of ketones is 1. The van der Waals surface area contributed by atoms with Crippen LogP contribution in [0.5, 0.6) is 11.5 Å². The maximum Gasteiger partial charge on any atom is 0.163 e. The molecule has 8 heteroatoms. The zero-order valence-electron chi connectivity index (χ0n) is 19.4. The summed E-state index contributed by atoms with van der Waals surface area (Å²) in [5.74, 6) is 0.745. The van der Waals surface area contributed by atoms with Crippen LogP contribution in [0.3, 0.4) is 0 Å². The molecule has 0 aliphatic heterocycles. The van der Waals surface area contributed by atoms with Gasteiger partial charge in [-0.1, -0.05) is 19.1 Å². The van der Waals surface area contributed by atoms with Crippen LogP contribution in [0.15, 0.2) is 53.9 Å². The number of halogens is 2. The number of thiophene rings is 1. The number of hydrogen-bond donors (Lipinski definition) is 1. The second kappa shape index (κ2) is 11.5. The number of carbonyl (C=O) groups is 1. The molecule has 1 atom stereocenters. The van der Waals surface area contributed by atoms with Crippen molar-refractivity contribution in [2.24, 2.45) is 0 Å². The molecule has 35 heavy (non-hydrogen) atoms. The molecule has 0 amide bonds. The van der Waals surface area contributed by atoms with Crippen LogP contribution in [0.4, 0.5) is 4.39 Å². The molecule has 182 valence electrons. The summed E-state index contributed by atoms with van der Waals surface area (Å²) in [6.45, 7) is 2.58. The first kappa shape index (κ1) is 25.5. The normalized spacial score (nSPS) is 12.0. The minimum atomic E-state index is -0.914. The van der Waals surface area contributed by atoms with E-state index in [9.17, 15) is 14.3 Å². The van der Waals surface area contributed by atoms with E-state index in [0.29, 0.717) is 39.8 Å². The zero-order chi connectivity index (χ0) is 24.9. The number of carbonyl (C=O) groups excluding carboxylic acids is 1. The maximum absolute atomic E-state index is 14.1. The Bertz CT molecular complexity index is 1360. The molecule has 0 spiro atoms. The van der Waals surface area contributed by atoms with Gasteiger partial charge < -0.3 is 14.6 Å². The first-order chi connectivity index (χ1) is 16.9. The third-order valence-electron chi connectivity index (χ3n) is 5.57. The van der Waals surface area contributed by atoms with Crippen molar-refractivity contribution in [2.45, 2.75) is 32.3 Å². The summed E-state index contributed by atoms with van der Waals surface area (Å²) in [4.78, 5) is 17.5. The van der Waals surface area contributed by atoms with Gasteiger partial charge in [0, 0.05) is 31.9 Å². The molecule has 0 aliphatic carbocycles. The highest BCUT2D eigenvalue weighted by Gasteiger charge is 2.18. The van der Waals surface area contributed by atoms with Crippen molar-refractivity contribution < 1.29 is 23.8 Å². The number of aliphatic hydroxyl groups excluding tert-OH is 1. The van der Waals surface area contributed by atoms with E-state index in [1.165, 1.54) is 24.5 Å². The standard InChI is InChI=1S/C27H25FINO4S/c1-3-11-34-25-10-7-16(12-26(25)33-2)23(31)8-9-24(32)22-14-17(29)13-21(30-22)19-15-35-27-18(19)5-4-6-20(27)28/h4-7,10,12-15,24,32H,3,8-9,11H2,1-2H3. The summed E-state index contributed by atoms with van der Waals surface area (Å²) in [5, 5.41) is 13.5. The lowest BCUT2D eigenvalue weighted by atomic mass is 10.0. The minimum Gasteiger partial charge on any atom is -0.493 e. The van der Waals surface area contributed by atoms with Gasteiger partial charge in [-0.25, -0.2) is 9.37 Å². The molecule has 0 bridgehead atoms. The number of methoxy groups -OCH3 is 1. The van der Waals surface area contributed by atoms with Gasteiger partial charge in [0.1, 0.15) is 5.82 Å². The first-order valence-corrected chi connectivity index (χ1v) is 13.2. The van der Waals surface area contributed by atoms with Gasteiger partial charge in [0.05, 0.1) is 35.9 Å². The molecule has 0 fully saturated rings. The van der Waals surface area contributed by atoms with Gasteiger partial charge in [-0.15, -0.1) is 11.3 Å². The van der Waals surface area contributed by atoms with Crippen LogP contribution in [0, 0.1) is 9.39 Å². The van der Waals surface area contributed by atoms with Crippen molar-refractivity contribution in [2.75, 3.05) is 13.7 Å². The summed E-state index contributed by atoms with van der Waals surface area (Å²) < 4.78 is 26.6. The monoisotopic (exact) mass is 605 g/mol. The summed E-state index contributed by atoms with van der Waals surface area (Å²) in [6.07, 6.45) is 0.327. The number of benzene rings is 2. The molecular formula is C27H25FINO4S. The van der Waals surface area contributed by atoms with E-state index < -0.39 is 6.10 Å². The first-order valence-electron chi connectivity index (χ1n) is 11.3. The number of aliphatic hydroxyl groups is 1. The topological polar surface area (TPSA) is 68.7 Å². The van der Waals surface area contributed by atoms with E-state index in [1.54, 1.807) is 30.3 Å². The summed E-state index contributed by atoms with van der Waals surface area (Å²) in [6, 6.07) is 13.8. The molecular weight excluding hydrogens is 580 g/mol. The van der Waals surface area contributed by atoms with Gasteiger partial charge in [-0.2, -0.15) is 0 Å². The highest BCUT2D eigenvalue weighted by Crippen LogP contribution is 2.36. The number of hydrogen-bond acceptors (Lipinski definition) is 6. The van der Waals surface area contributed by atoms with E-state index in [-0.39, 0.29) is 24.4 Å². The van der Waals surface area contributed by atoms with E-state index in [2.05, 4.69) is 27.6 Å². The van der Waals surface area contributed by atoms with E-state index in [4.69, 9.17) is 9.47 Å². The summed E-state index contributed by atoms with van der Waals surface area (Å²) in [7, 11) is 1.54. The van der Waals surface area contributed by atoms with E-state index >= 15 is 0 Å². The Hall–Kier alpha value is -2.56. The average molecular weight is 605 g/mol. The van der Waals surface area contributed by atoms with Crippen molar-refractivity contribution in [3.63, 3.8) is 0 Å². The van der Waals surface area contributed by atoms with Crippen LogP contribution in [0.1, 0.15) is 48.3 Å². The number of Topliss-reactive ketones (excluding diaryl/α,β-unsaturated/α-hetero) is 1. The van der Waals surface area contributed by atoms with Crippen molar-refractivity contribution >= 4 is 49.8 Å². The van der Waals surface area contributed by atoms with Crippen molar-refractivity contribution in [3.05, 3.63) is 74.6 Å². The lowest BCUT2D eigenvalue weighted by molar-refractivity contribution is 0.0937. The van der Waals surface area contributed by atoms with Crippen LogP contribution in [0.25, 0.3) is 21.3 Å². The largest absolute Gasteiger partial charge is 0.493 e. The van der Waals surface area contributed by atoms with Crippen molar-refractivity contribution in [3.8, 4) is 22.8 Å². The minimum absolute atomic E-state index is 0.102. The second-order valence-corrected chi connectivity index (χ2v) is 10.2. The smallest absolute Gasteiger partial charge is 0.163 e. The lowest BCUT2D eigenvalue weighted by Crippen LogP contribution is -2.07. The summed E-state index contributed by atoms with van der Waals surface area (Å²) in [5.41, 5.74) is 2.48. The Balaban J connectivity index is 1.49. The van der Waals surface area contributed by atoms with Gasteiger partial charge >= 0.3 is 0 Å². The van der Waals surface area contributed by atoms with Gasteiger partial charge in [-0.3, -0.25) is 4.79 Å². The second-order valence-electron chi connectivity index (χ2n) is 8.05. The molecule has 0 saturated heterocycles. The molecule has 5 nitrogen and oxygen atoms in total. The quantitative estimate of drug-likeness (QED) is 0.153. The van der Waals surface area contributed by atoms with Crippen LogP contribution in [0.2, 0.25) is 0 Å². The Kier molecular flexibility index (Phi) is 8.35. The van der Waals surface area contributed by atoms with Gasteiger partial charge in [-0.05, 0) is 71.8 Å². The summed E-state index contributed by atoms with van der Waals surface area (Å²) >= 11 is 3.51. The van der Waals surface area contributed by atoms with Gasteiger partial charge in [0.25, 0.3) is 0 Å². The average Bonchev–Trinajstić information content (AvgIpc) is 3.31. The third kappa shape index (κ3) is 5.82. The van der Waals surface area contributed by atoms with E-state index in [1.807, 2.05) is 24.4 Å². The fourth-order valence-electron chi connectivity index (χ4n) is 3.78. The van der Waals surface area contributed by atoms with Crippen LogP contribution >= 0.6 is 33.9 Å². The molecule has 2 aromatic heterocycles. The third-order valence-corrected chi connectivity index (χ3v) is 7.20. The number of ether oxygens (including phenoxy) is 2. The predicted octanol–water partition coefficient (Wildman–Crippen LogP) is 7.20. The van der Waals surface area contributed by atoms with Crippen LogP contribution in [-0.2, 0) is 0 Å². The van der Waals surface area contributed by atoms with Gasteiger partial charge in [0.2, 0.25) is 0 Å².